The van der Waals surface area contributed by atoms with Crippen molar-refractivity contribution in [3.63, 3.8) is 0 Å². The predicted octanol–water partition coefficient (Wildman–Crippen LogP) is 3.70. The SMILES string of the molecule is COc1cc(NC(=O)CNc2ccccc2OCC(F)(F)F)cc(OC)c1OC. The molecule has 0 aliphatic rings. The van der Waals surface area contributed by atoms with E-state index in [1.165, 1.54) is 39.5 Å². The maximum atomic E-state index is 12.4. The summed E-state index contributed by atoms with van der Waals surface area (Å²) in [5.74, 6) is 0.652. The van der Waals surface area contributed by atoms with Gasteiger partial charge in [0.2, 0.25) is 11.7 Å². The Bertz CT molecular complexity index is 818. The topological polar surface area (TPSA) is 78.1 Å². The molecule has 2 rings (SSSR count). The second kappa shape index (κ2) is 9.76. The Hall–Kier alpha value is -3.30. The largest absolute Gasteiger partial charge is 0.493 e. The number of hydrogen-bond acceptors (Lipinski definition) is 6. The first kappa shape index (κ1) is 22.0. The molecule has 1 amide bonds. The molecule has 0 saturated carbocycles. The van der Waals surface area contributed by atoms with Crippen LogP contribution in [0.5, 0.6) is 23.0 Å². The summed E-state index contributed by atoms with van der Waals surface area (Å²) < 4.78 is 57.5. The van der Waals surface area contributed by atoms with Crippen molar-refractivity contribution < 1.29 is 36.9 Å². The van der Waals surface area contributed by atoms with E-state index in [0.717, 1.165) is 0 Å². The molecular formula is C19H21F3N2O5. The fourth-order valence-electron chi connectivity index (χ4n) is 2.43. The zero-order chi connectivity index (χ0) is 21.4. The maximum absolute atomic E-state index is 12.4. The Morgan fingerprint density at radius 1 is 0.966 bits per heavy atom. The molecule has 0 aliphatic carbocycles. The molecule has 29 heavy (non-hydrogen) atoms. The first-order valence-electron chi connectivity index (χ1n) is 8.39. The summed E-state index contributed by atoms with van der Waals surface area (Å²) >= 11 is 0. The van der Waals surface area contributed by atoms with E-state index in [2.05, 4.69) is 10.6 Å². The van der Waals surface area contributed by atoms with Crippen LogP contribution in [0.25, 0.3) is 0 Å². The van der Waals surface area contributed by atoms with Crippen molar-refractivity contribution in [3.05, 3.63) is 36.4 Å². The van der Waals surface area contributed by atoms with Crippen LogP contribution in [0.15, 0.2) is 36.4 Å². The normalized spacial score (nSPS) is 10.8. The van der Waals surface area contributed by atoms with Gasteiger partial charge in [0.1, 0.15) is 5.75 Å². The maximum Gasteiger partial charge on any atom is 0.422 e. The van der Waals surface area contributed by atoms with Crippen molar-refractivity contribution >= 4 is 17.3 Å². The molecule has 2 N–H and O–H groups in total. The molecule has 0 atom stereocenters. The molecule has 0 aromatic heterocycles. The van der Waals surface area contributed by atoms with Crippen molar-refractivity contribution in [2.45, 2.75) is 6.18 Å². The van der Waals surface area contributed by atoms with E-state index in [1.807, 2.05) is 0 Å². The van der Waals surface area contributed by atoms with Crippen LogP contribution in [0.4, 0.5) is 24.5 Å². The number of carbonyl (C=O) groups is 1. The molecule has 0 saturated heterocycles. The number of benzene rings is 2. The molecule has 0 bridgehead atoms. The zero-order valence-electron chi connectivity index (χ0n) is 16.1. The summed E-state index contributed by atoms with van der Waals surface area (Å²) in [7, 11) is 4.35. The number of halogens is 3. The van der Waals surface area contributed by atoms with Crippen molar-refractivity contribution in [1.82, 2.24) is 0 Å². The van der Waals surface area contributed by atoms with Crippen molar-refractivity contribution in [3.8, 4) is 23.0 Å². The van der Waals surface area contributed by atoms with Crippen LogP contribution in [0.3, 0.4) is 0 Å². The number of amides is 1. The number of anilines is 2. The van der Waals surface area contributed by atoms with Gasteiger partial charge in [-0.3, -0.25) is 4.79 Å². The molecule has 10 heteroatoms. The van der Waals surface area contributed by atoms with Crippen LogP contribution in [-0.4, -0.2) is 46.6 Å². The summed E-state index contributed by atoms with van der Waals surface area (Å²) in [6.45, 7) is -1.63. The third-order valence-corrected chi connectivity index (χ3v) is 3.67. The highest BCUT2D eigenvalue weighted by Crippen LogP contribution is 2.39. The third kappa shape index (κ3) is 6.37. The van der Waals surface area contributed by atoms with Crippen molar-refractivity contribution in [2.24, 2.45) is 0 Å². The highest BCUT2D eigenvalue weighted by molar-refractivity contribution is 5.94. The monoisotopic (exact) mass is 414 g/mol. The fraction of sp³-hybridized carbons (Fsp3) is 0.316. The Labute approximate surface area is 165 Å². The van der Waals surface area contributed by atoms with E-state index in [-0.39, 0.29) is 18.0 Å². The minimum Gasteiger partial charge on any atom is -0.493 e. The van der Waals surface area contributed by atoms with Gasteiger partial charge in [0.25, 0.3) is 0 Å². The molecule has 0 radical (unpaired) electrons. The lowest BCUT2D eigenvalue weighted by Gasteiger charge is -2.16. The number of rotatable bonds is 9. The van der Waals surface area contributed by atoms with Crippen LogP contribution in [0.1, 0.15) is 0 Å². The number of hydrogen-bond donors (Lipinski definition) is 2. The lowest BCUT2D eigenvalue weighted by atomic mass is 10.2. The first-order chi connectivity index (χ1) is 13.8. The Kier molecular flexibility index (Phi) is 7.40. The summed E-state index contributed by atoms with van der Waals surface area (Å²) in [6.07, 6.45) is -4.46. The molecule has 0 heterocycles. The summed E-state index contributed by atoms with van der Waals surface area (Å²) in [4.78, 5) is 12.3. The van der Waals surface area contributed by atoms with Gasteiger partial charge in [-0.15, -0.1) is 0 Å². The number of alkyl halides is 3. The van der Waals surface area contributed by atoms with Crippen molar-refractivity contribution in [1.29, 1.82) is 0 Å². The van der Waals surface area contributed by atoms with Gasteiger partial charge in [-0.05, 0) is 12.1 Å². The van der Waals surface area contributed by atoms with Gasteiger partial charge in [0.05, 0.1) is 33.6 Å². The number of methoxy groups -OCH3 is 3. The van der Waals surface area contributed by atoms with Crippen LogP contribution in [0.2, 0.25) is 0 Å². The van der Waals surface area contributed by atoms with Gasteiger partial charge in [0.15, 0.2) is 18.1 Å². The molecule has 2 aromatic rings. The number of nitrogens with one attached hydrogen (secondary N) is 2. The lowest BCUT2D eigenvalue weighted by molar-refractivity contribution is -0.153. The Morgan fingerprint density at radius 3 is 2.14 bits per heavy atom. The first-order valence-corrected chi connectivity index (χ1v) is 8.39. The van der Waals surface area contributed by atoms with E-state index in [1.54, 1.807) is 18.2 Å². The predicted molar refractivity (Wildman–Crippen MR) is 101 cm³/mol. The van der Waals surface area contributed by atoms with E-state index in [0.29, 0.717) is 22.9 Å². The highest BCUT2D eigenvalue weighted by atomic mass is 19.4. The molecule has 2 aromatic carbocycles. The van der Waals surface area contributed by atoms with Crippen molar-refractivity contribution in [2.75, 3.05) is 45.1 Å². The van der Waals surface area contributed by atoms with Crippen LogP contribution < -0.4 is 29.6 Å². The van der Waals surface area contributed by atoms with Crippen LogP contribution >= 0.6 is 0 Å². The average Bonchev–Trinajstić information content (AvgIpc) is 2.69. The van der Waals surface area contributed by atoms with Gasteiger partial charge in [-0.2, -0.15) is 13.2 Å². The van der Waals surface area contributed by atoms with Crippen LogP contribution in [0, 0.1) is 0 Å². The van der Waals surface area contributed by atoms with E-state index >= 15 is 0 Å². The zero-order valence-corrected chi connectivity index (χ0v) is 16.1. The molecule has 0 aliphatic heterocycles. The molecule has 158 valence electrons. The highest BCUT2D eigenvalue weighted by Gasteiger charge is 2.28. The van der Waals surface area contributed by atoms with Gasteiger partial charge < -0.3 is 29.6 Å². The summed E-state index contributed by atoms with van der Waals surface area (Å²) in [5.41, 5.74) is 0.657. The van der Waals surface area contributed by atoms with Crippen LogP contribution in [-0.2, 0) is 4.79 Å². The number of carbonyl (C=O) groups excluding carboxylic acids is 1. The summed E-state index contributed by atoms with van der Waals surface area (Å²) in [6, 6.07) is 9.15. The fourth-order valence-corrected chi connectivity index (χ4v) is 2.43. The minimum atomic E-state index is -4.46. The molecule has 0 fully saturated rings. The third-order valence-electron chi connectivity index (χ3n) is 3.67. The number of ether oxygens (including phenoxy) is 4. The summed E-state index contributed by atoms with van der Waals surface area (Å²) in [5, 5.41) is 5.41. The molecule has 0 spiro atoms. The average molecular weight is 414 g/mol. The smallest absolute Gasteiger partial charge is 0.422 e. The molecule has 0 unspecified atom stereocenters. The minimum absolute atomic E-state index is 0.00888. The Balaban J connectivity index is 2.04. The lowest BCUT2D eigenvalue weighted by Crippen LogP contribution is -2.23. The second-order valence-electron chi connectivity index (χ2n) is 5.72. The number of para-hydroxylation sites is 2. The molecular weight excluding hydrogens is 393 g/mol. The standard InChI is InChI=1S/C19H21F3N2O5/c1-26-15-8-12(9-16(27-2)18(15)28-3)24-17(25)10-23-13-6-4-5-7-14(13)29-11-19(20,21)22/h4-9,23H,10-11H2,1-3H3,(H,24,25). The van der Waals surface area contributed by atoms with Gasteiger partial charge in [-0.1, -0.05) is 12.1 Å². The van der Waals surface area contributed by atoms with E-state index in [9.17, 15) is 18.0 Å². The molecule has 7 nitrogen and oxygen atoms in total. The van der Waals surface area contributed by atoms with E-state index < -0.39 is 18.7 Å². The van der Waals surface area contributed by atoms with Gasteiger partial charge >= 0.3 is 6.18 Å². The van der Waals surface area contributed by atoms with Gasteiger partial charge in [0, 0.05) is 17.8 Å². The second-order valence-corrected chi connectivity index (χ2v) is 5.72. The Morgan fingerprint density at radius 2 is 1.59 bits per heavy atom. The van der Waals surface area contributed by atoms with E-state index in [4.69, 9.17) is 18.9 Å². The van der Waals surface area contributed by atoms with Gasteiger partial charge in [-0.25, -0.2) is 0 Å². The quantitative estimate of drug-likeness (QED) is 0.652.